The van der Waals surface area contributed by atoms with Crippen molar-refractivity contribution in [3.05, 3.63) is 23.3 Å². The van der Waals surface area contributed by atoms with Crippen LogP contribution in [0.1, 0.15) is 43.6 Å². The zero-order valence-corrected chi connectivity index (χ0v) is 13.6. The highest BCUT2D eigenvalue weighted by Crippen LogP contribution is 2.36. The molecule has 0 bridgehead atoms. The van der Waals surface area contributed by atoms with Crippen molar-refractivity contribution in [1.29, 1.82) is 0 Å². The molecule has 0 radical (unpaired) electrons. The van der Waals surface area contributed by atoms with E-state index in [-0.39, 0.29) is 6.10 Å². The average Bonchev–Trinajstić information content (AvgIpc) is 3.06. The van der Waals surface area contributed by atoms with Crippen molar-refractivity contribution >= 4 is 0 Å². The maximum atomic E-state index is 10.2. The third-order valence-corrected chi connectivity index (χ3v) is 3.87. The molecule has 1 aliphatic rings. The van der Waals surface area contributed by atoms with E-state index in [2.05, 4.69) is 6.92 Å². The Morgan fingerprint density at radius 1 is 1.18 bits per heavy atom. The number of aliphatic hydroxyl groups is 1. The molecule has 124 valence electrons. The van der Waals surface area contributed by atoms with Crippen molar-refractivity contribution in [2.75, 3.05) is 27.4 Å². The Hall–Kier alpha value is -1.30. The second-order valence-electron chi connectivity index (χ2n) is 5.48. The van der Waals surface area contributed by atoms with Crippen LogP contribution in [0.3, 0.4) is 0 Å². The molecule has 0 aromatic heterocycles. The van der Waals surface area contributed by atoms with Gasteiger partial charge in [-0.2, -0.15) is 0 Å². The molecule has 1 N–H and O–H groups in total. The highest BCUT2D eigenvalue weighted by Gasteiger charge is 2.24. The largest absolute Gasteiger partial charge is 0.493 e. The van der Waals surface area contributed by atoms with Crippen LogP contribution in [0.2, 0.25) is 0 Å². The van der Waals surface area contributed by atoms with E-state index in [1.165, 1.54) is 0 Å². The van der Waals surface area contributed by atoms with Crippen molar-refractivity contribution < 1.29 is 24.1 Å². The third kappa shape index (κ3) is 4.12. The molecule has 1 aliphatic heterocycles. The molecule has 5 nitrogen and oxygen atoms in total. The van der Waals surface area contributed by atoms with Crippen LogP contribution < -0.4 is 9.47 Å². The van der Waals surface area contributed by atoms with E-state index < -0.39 is 6.29 Å². The van der Waals surface area contributed by atoms with Crippen LogP contribution in [0.5, 0.6) is 11.5 Å². The van der Waals surface area contributed by atoms with Crippen molar-refractivity contribution in [2.24, 2.45) is 0 Å². The highest BCUT2D eigenvalue weighted by atomic mass is 16.7. The molecular weight excluding hydrogens is 284 g/mol. The lowest BCUT2D eigenvalue weighted by atomic mass is 9.97. The van der Waals surface area contributed by atoms with E-state index in [1.54, 1.807) is 14.2 Å². The van der Waals surface area contributed by atoms with Gasteiger partial charge in [-0.1, -0.05) is 19.8 Å². The molecule has 1 fully saturated rings. The second-order valence-corrected chi connectivity index (χ2v) is 5.48. The van der Waals surface area contributed by atoms with Gasteiger partial charge in [0.15, 0.2) is 17.8 Å². The van der Waals surface area contributed by atoms with Gasteiger partial charge in [-0.3, -0.25) is 0 Å². The minimum Gasteiger partial charge on any atom is -0.493 e. The molecule has 1 aromatic rings. The molecule has 1 heterocycles. The summed E-state index contributed by atoms with van der Waals surface area (Å²) in [5.41, 5.74) is 1.89. The molecule has 22 heavy (non-hydrogen) atoms. The lowest BCUT2D eigenvalue weighted by Crippen LogP contribution is -2.14. The van der Waals surface area contributed by atoms with Crippen molar-refractivity contribution in [3.8, 4) is 11.5 Å². The Morgan fingerprint density at radius 2 is 1.82 bits per heavy atom. The maximum Gasteiger partial charge on any atom is 0.184 e. The predicted octanol–water partition coefficient (Wildman–Crippen LogP) is 2.84. The summed E-state index contributed by atoms with van der Waals surface area (Å²) in [7, 11) is 3.21. The molecule has 1 saturated heterocycles. The van der Waals surface area contributed by atoms with Crippen LogP contribution in [0.4, 0.5) is 0 Å². The number of methoxy groups -OCH3 is 2. The first-order valence-corrected chi connectivity index (χ1v) is 7.85. The summed E-state index contributed by atoms with van der Waals surface area (Å²) in [4.78, 5) is 0. The maximum absolute atomic E-state index is 10.2. The van der Waals surface area contributed by atoms with Crippen LogP contribution in [0.15, 0.2) is 12.1 Å². The van der Waals surface area contributed by atoms with Gasteiger partial charge in [0, 0.05) is 5.56 Å². The van der Waals surface area contributed by atoms with Gasteiger partial charge in [0.05, 0.1) is 33.5 Å². The first kappa shape index (κ1) is 17.1. The number of unbranched alkanes of at least 4 members (excludes halogenated alkanes) is 1. The van der Waals surface area contributed by atoms with Crippen molar-refractivity contribution in [3.63, 3.8) is 0 Å². The fourth-order valence-corrected chi connectivity index (χ4v) is 2.67. The summed E-state index contributed by atoms with van der Waals surface area (Å²) in [6.45, 7) is 3.28. The van der Waals surface area contributed by atoms with Gasteiger partial charge in [-0.25, -0.2) is 0 Å². The second kappa shape index (κ2) is 8.36. The quantitative estimate of drug-likeness (QED) is 0.800. The van der Waals surface area contributed by atoms with Crippen LogP contribution in [0, 0.1) is 0 Å². The van der Waals surface area contributed by atoms with Crippen LogP contribution >= 0.6 is 0 Å². The topological polar surface area (TPSA) is 57.2 Å². The number of benzene rings is 1. The fourth-order valence-electron chi connectivity index (χ4n) is 2.67. The van der Waals surface area contributed by atoms with Gasteiger partial charge in [-0.05, 0) is 30.5 Å². The van der Waals surface area contributed by atoms with Crippen LogP contribution in [-0.4, -0.2) is 38.6 Å². The summed E-state index contributed by atoms with van der Waals surface area (Å²) in [6, 6.07) is 3.80. The number of hydrogen-bond acceptors (Lipinski definition) is 5. The molecule has 2 rings (SSSR count). The van der Waals surface area contributed by atoms with Gasteiger partial charge in [-0.15, -0.1) is 0 Å². The van der Waals surface area contributed by atoms with E-state index in [0.29, 0.717) is 31.1 Å². The van der Waals surface area contributed by atoms with E-state index in [4.69, 9.17) is 18.9 Å². The Labute approximate surface area is 132 Å². The van der Waals surface area contributed by atoms with E-state index in [9.17, 15) is 5.11 Å². The molecule has 0 amide bonds. The molecule has 1 aromatic carbocycles. The Balaban J connectivity index is 2.27. The molecule has 5 heteroatoms. The van der Waals surface area contributed by atoms with E-state index in [1.807, 2.05) is 12.1 Å². The summed E-state index contributed by atoms with van der Waals surface area (Å²) in [6.07, 6.45) is 2.66. The Bertz CT molecular complexity index is 468. The summed E-state index contributed by atoms with van der Waals surface area (Å²) < 4.78 is 22.0. The Kier molecular flexibility index (Phi) is 6.49. The molecule has 1 unspecified atom stereocenters. The lowest BCUT2D eigenvalue weighted by molar-refractivity contribution is -0.0451. The predicted molar refractivity (Wildman–Crippen MR) is 83.4 cm³/mol. The summed E-state index contributed by atoms with van der Waals surface area (Å²) >= 11 is 0. The van der Waals surface area contributed by atoms with Gasteiger partial charge >= 0.3 is 0 Å². The molecule has 1 atom stereocenters. The van der Waals surface area contributed by atoms with Gasteiger partial charge in [0.25, 0.3) is 0 Å². The minimum absolute atomic E-state index is 0.377. The normalized spacial score (nSPS) is 16.7. The molecule has 0 aliphatic carbocycles. The van der Waals surface area contributed by atoms with Gasteiger partial charge < -0.3 is 24.1 Å². The number of aliphatic hydroxyl groups excluding tert-OH is 1. The lowest BCUT2D eigenvalue weighted by Gasteiger charge is -2.20. The molecule has 0 spiro atoms. The first-order valence-electron chi connectivity index (χ1n) is 7.85. The van der Waals surface area contributed by atoms with Crippen LogP contribution in [-0.2, 0) is 15.9 Å². The fraction of sp³-hybridized carbons (Fsp3) is 0.647. The monoisotopic (exact) mass is 310 g/mol. The average molecular weight is 310 g/mol. The SMILES string of the molecule is CCCCC(O)Cc1cc(OC)c(OC)cc1C1OCCO1. The van der Waals surface area contributed by atoms with Crippen molar-refractivity contribution in [2.45, 2.75) is 45.0 Å². The zero-order valence-electron chi connectivity index (χ0n) is 13.6. The number of ether oxygens (including phenoxy) is 4. The number of rotatable bonds is 8. The summed E-state index contributed by atoms with van der Waals surface area (Å²) in [5.74, 6) is 1.30. The number of hydrogen-bond donors (Lipinski definition) is 1. The third-order valence-electron chi connectivity index (χ3n) is 3.87. The molecular formula is C17H26O5. The highest BCUT2D eigenvalue weighted by molar-refractivity contribution is 5.48. The smallest absolute Gasteiger partial charge is 0.184 e. The van der Waals surface area contributed by atoms with E-state index in [0.717, 1.165) is 30.4 Å². The summed E-state index contributed by atoms with van der Waals surface area (Å²) in [5, 5.41) is 10.2. The van der Waals surface area contributed by atoms with Gasteiger partial charge in [0.2, 0.25) is 0 Å². The Morgan fingerprint density at radius 3 is 2.41 bits per heavy atom. The molecule has 0 saturated carbocycles. The van der Waals surface area contributed by atoms with Crippen LogP contribution in [0.25, 0.3) is 0 Å². The van der Waals surface area contributed by atoms with E-state index >= 15 is 0 Å². The van der Waals surface area contributed by atoms with Crippen molar-refractivity contribution in [1.82, 2.24) is 0 Å². The standard InChI is InChI=1S/C17H26O5/c1-4-5-6-13(18)9-12-10-15(19-2)16(20-3)11-14(12)17-21-7-8-22-17/h10-11,13,17-18H,4-9H2,1-3H3. The minimum atomic E-state index is -0.395. The first-order chi connectivity index (χ1) is 10.7. The zero-order chi connectivity index (χ0) is 15.9. The van der Waals surface area contributed by atoms with Gasteiger partial charge in [0.1, 0.15) is 0 Å².